The second-order valence-corrected chi connectivity index (χ2v) is 6.85. The van der Waals surface area contributed by atoms with Crippen molar-refractivity contribution in [1.82, 2.24) is 0 Å². The molecule has 0 saturated carbocycles. The lowest BCUT2D eigenvalue weighted by Crippen LogP contribution is -2.18. The van der Waals surface area contributed by atoms with Crippen LogP contribution in [0.4, 0.5) is 5.69 Å². The van der Waals surface area contributed by atoms with Crippen molar-refractivity contribution in [2.45, 2.75) is 31.1 Å². The lowest BCUT2D eigenvalue weighted by molar-refractivity contribution is 0.103. The molecule has 1 aromatic carbocycles. The third kappa shape index (κ3) is 3.39. The molecule has 2 aromatic rings. The molecule has 1 aromatic heterocycles. The van der Waals surface area contributed by atoms with Crippen molar-refractivity contribution in [3.63, 3.8) is 0 Å². The minimum Gasteiger partial charge on any atom is -0.321 e. The minimum absolute atomic E-state index is 0.00592. The number of rotatable bonds is 2. The number of para-hydroxylation sites is 1. The minimum atomic E-state index is -0.0815. The molecule has 1 N–H and O–H groups in total. The Kier molecular flexibility index (Phi) is 4.02. The summed E-state index contributed by atoms with van der Waals surface area (Å²) in [5, 5.41) is 4.84. The van der Waals surface area contributed by atoms with Crippen molar-refractivity contribution < 1.29 is 4.79 Å². The predicted octanol–water partition coefficient (Wildman–Crippen LogP) is 4.59. The predicted molar refractivity (Wildman–Crippen MR) is 84.7 cm³/mol. The highest BCUT2D eigenvalue weighted by atomic mass is 32.1. The van der Waals surface area contributed by atoms with Gasteiger partial charge in [-0.3, -0.25) is 4.79 Å². The van der Waals surface area contributed by atoms with Crippen LogP contribution in [-0.4, -0.2) is 5.91 Å². The van der Waals surface area contributed by atoms with Gasteiger partial charge in [-0.25, -0.2) is 0 Å². The van der Waals surface area contributed by atoms with Gasteiger partial charge in [-0.2, -0.15) is 0 Å². The smallest absolute Gasteiger partial charge is 0.265 e. The standard InChI is InChI=1S/C15H17NOS2/c1-15(2,3)11-6-4-5-7-12(11)16-14(17)13-8-10(18)9-19-13/h4-9,18H,1-3H3,(H,16,17). The highest BCUT2D eigenvalue weighted by Gasteiger charge is 2.19. The number of hydrogen-bond donors (Lipinski definition) is 2. The third-order valence-corrected chi connectivity index (χ3v) is 4.15. The van der Waals surface area contributed by atoms with E-state index in [1.807, 2.05) is 29.6 Å². The van der Waals surface area contributed by atoms with E-state index in [0.29, 0.717) is 4.88 Å². The van der Waals surface area contributed by atoms with Crippen LogP contribution in [0.15, 0.2) is 40.6 Å². The molecule has 0 radical (unpaired) electrons. The van der Waals surface area contributed by atoms with Gasteiger partial charge < -0.3 is 5.32 Å². The van der Waals surface area contributed by atoms with Crippen LogP contribution in [0, 0.1) is 0 Å². The highest BCUT2D eigenvalue weighted by molar-refractivity contribution is 7.80. The maximum absolute atomic E-state index is 12.2. The molecule has 1 heterocycles. The molecule has 100 valence electrons. The summed E-state index contributed by atoms with van der Waals surface area (Å²) in [6.45, 7) is 6.40. The second kappa shape index (κ2) is 5.39. The van der Waals surface area contributed by atoms with E-state index in [-0.39, 0.29) is 11.3 Å². The molecule has 0 fully saturated rings. The molecule has 0 aliphatic heterocycles. The SMILES string of the molecule is CC(C)(C)c1ccccc1NC(=O)c1cc(S)cs1. The molecule has 4 heteroatoms. The van der Waals surface area contributed by atoms with Gasteiger partial charge in [0.2, 0.25) is 0 Å². The summed E-state index contributed by atoms with van der Waals surface area (Å²) >= 11 is 5.62. The molecule has 2 nitrogen and oxygen atoms in total. The normalized spacial score (nSPS) is 11.4. The summed E-state index contributed by atoms with van der Waals surface area (Å²) in [6.07, 6.45) is 0. The first-order chi connectivity index (χ1) is 8.88. The molecule has 0 unspecified atom stereocenters. The molecule has 0 saturated heterocycles. The van der Waals surface area contributed by atoms with Crippen LogP contribution in [0.3, 0.4) is 0 Å². The number of nitrogens with one attached hydrogen (secondary N) is 1. The van der Waals surface area contributed by atoms with Gasteiger partial charge in [0, 0.05) is 16.0 Å². The van der Waals surface area contributed by atoms with Gasteiger partial charge >= 0.3 is 0 Å². The largest absolute Gasteiger partial charge is 0.321 e. The quantitative estimate of drug-likeness (QED) is 0.779. The molecule has 0 spiro atoms. The van der Waals surface area contributed by atoms with Crippen LogP contribution in [0.1, 0.15) is 36.0 Å². The Bertz CT molecular complexity index is 596. The van der Waals surface area contributed by atoms with E-state index < -0.39 is 0 Å². The van der Waals surface area contributed by atoms with Crippen molar-refractivity contribution in [1.29, 1.82) is 0 Å². The van der Waals surface area contributed by atoms with E-state index in [0.717, 1.165) is 16.1 Å². The number of thiol groups is 1. The Morgan fingerprint density at radius 1 is 1.26 bits per heavy atom. The summed E-state index contributed by atoms with van der Waals surface area (Å²) in [5.74, 6) is -0.0815. The van der Waals surface area contributed by atoms with Gasteiger partial charge in [0.25, 0.3) is 5.91 Å². The molecule has 19 heavy (non-hydrogen) atoms. The number of thiophene rings is 1. The Morgan fingerprint density at radius 3 is 2.53 bits per heavy atom. The zero-order chi connectivity index (χ0) is 14.0. The summed E-state index contributed by atoms with van der Waals surface area (Å²) in [7, 11) is 0. The van der Waals surface area contributed by atoms with E-state index in [1.165, 1.54) is 11.3 Å². The summed E-state index contributed by atoms with van der Waals surface area (Å²) in [4.78, 5) is 13.7. The summed E-state index contributed by atoms with van der Waals surface area (Å²) < 4.78 is 0. The number of benzene rings is 1. The number of carbonyl (C=O) groups is 1. The van der Waals surface area contributed by atoms with Gasteiger partial charge in [0.15, 0.2) is 0 Å². The van der Waals surface area contributed by atoms with Crippen LogP contribution in [0.2, 0.25) is 0 Å². The molecule has 0 atom stereocenters. The summed E-state index contributed by atoms with van der Waals surface area (Å²) in [5.41, 5.74) is 1.99. The lowest BCUT2D eigenvalue weighted by atomic mass is 9.86. The molecule has 0 bridgehead atoms. The molecule has 0 aliphatic rings. The van der Waals surface area contributed by atoms with Crippen molar-refractivity contribution in [3.05, 3.63) is 46.2 Å². The summed E-state index contributed by atoms with van der Waals surface area (Å²) in [6, 6.07) is 9.70. The molecule has 0 aliphatic carbocycles. The highest BCUT2D eigenvalue weighted by Crippen LogP contribution is 2.30. The third-order valence-electron chi connectivity index (χ3n) is 2.79. The van der Waals surface area contributed by atoms with Gasteiger partial charge in [-0.1, -0.05) is 39.0 Å². The van der Waals surface area contributed by atoms with E-state index in [9.17, 15) is 4.79 Å². The maximum atomic E-state index is 12.2. The topological polar surface area (TPSA) is 29.1 Å². The second-order valence-electron chi connectivity index (χ2n) is 5.42. The lowest BCUT2D eigenvalue weighted by Gasteiger charge is -2.22. The Labute approximate surface area is 123 Å². The fraction of sp³-hybridized carbons (Fsp3) is 0.267. The number of carbonyl (C=O) groups excluding carboxylic acids is 1. The van der Waals surface area contributed by atoms with Crippen LogP contribution >= 0.6 is 24.0 Å². The van der Waals surface area contributed by atoms with Gasteiger partial charge in [0.1, 0.15) is 0 Å². The molecule has 1 amide bonds. The van der Waals surface area contributed by atoms with E-state index >= 15 is 0 Å². The van der Waals surface area contributed by atoms with E-state index in [4.69, 9.17) is 0 Å². The Balaban J connectivity index is 2.27. The molecule has 2 rings (SSSR count). The zero-order valence-electron chi connectivity index (χ0n) is 11.2. The Morgan fingerprint density at radius 2 is 1.95 bits per heavy atom. The van der Waals surface area contributed by atoms with E-state index in [2.05, 4.69) is 38.7 Å². The average molecular weight is 291 g/mol. The van der Waals surface area contributed by atoms with Crippen LogP contribution < -0.4 is 5.32 Å². The first-order valence-corrected chi connectivity index (χ1v) is 7.39. The van der Waals surface area contributed by atoms with Crippen LogP contribution in [0.25, 0.3) is 0 Å². The number of hydrogen-bond acceptors (Lipinski definition) is 3. The van der Waals surface area contributed by atoms with Crippen LogP contribution in [0.5, 0.6) is 0 Å². The zero-order valence-corrected chi connectivity index (χ0v) is 12.9. The fourth-order valence-electron chi connectivity index (χ4n) is 1.88. The van der Waals surface area contributed by atoms with Gasteiger partial charge in [0.05, 0.1) is 4.88 Å². The Hall–Kier alpha value is -1.26. The fourth-order valence-corrected chi connectivity index (χ4v) is 2.92. The van der Waals surface area contributed by atoms with Crippen molar-refractivity contribution >= 4 is 35.6 Å². The van der Waals surface area contributed by atoms with Crippen molar-refractivity contribution in [2.75, 3.05) is 5.32 Å². The van der Waals surface area contributed by atoms with Crippen molar-refractivity contribution in [3.8, 4) is 0 Å². The molecular formula is C15H17NOS2. The first kappa shape index (κ1) is 14.2. The van der Waals surface area contributed by atoms with Crippen molar-refractivity contribution in [2.24, 2.45) is 0 Å². The molecular weight excluding hydrogens is 274 g/mol. The first-order valence-electron chi connectivity index (χ1n) is 6.06. The monoisotopic (exact) mass is 291 g/mol. The number of amides is 1. The van der Waals surface area contributed by atoms with Gasteiger partial charge in [-0.15, -0.1) is 24.0 Å². The maximum Gasteiger partial charge on any atom is 0.265 e. The van der Waals surface area contributed by atoms with Crippen LogP contribution in [-0.2, 0) is 5.41 Å². The average Bonchev–Trinajstić information content (AvgIpc) is 2.75. The van der Waals surface area contributed by atoms with Gasteiger partial charge in [-0.05, 0) is 23.1 Å². The number of anilines is 1. The van der Waals surface area contributed by atoms with E-state index in [1.54, 1.807) is 6.07 Å².